The SMILES string of the molecule is C=C1CCC2C(C)(C)CCC[C@]2(C)[C@@H]1CC/C(C)=C/COPP. The fourth-order valence-corrected chi connectivity index (χ4v) is 5.98. The van der Waals surface area contributed by atoms with Crippen LogP contribution in [0.5, 0.6) is 0 Å². The zero-order valence-corrected chi connectivity index (χ0v) is 17.7. The van der Waals surface area contributed by atoms with E-state index in [-0.39, 0.29) is 0 Å². The fraction of sp³-hybridized carbons (Fsp3) is 0.800. The molecule has 2 rings (SSSR count). The smallest absolute Gasteiger partial charge is 0.0693 e. The van der Waals surface area contributed by atoms with Crippen LogP contribution in [0.2, 0.25) is 0 Å². The number of fused-ring (bicyclic) bond motifs is 1. The van der Waals surface area contributed by atoms with Crippen molar-refractivity contribution in [2.45, 2.75) is 72.6 Å². The summed E-state index contributed by atoms with van der Waals surface area (Å²) in [4.78, 5) is 0. The van der Waals surface area contributed by atoms with E-state index >= 15 is 0 Å². The molecule has 3 unspecified atom stereocenters. The molecule has 0 heterocycles. The van der Waals surface area contributed by atoms with Gasteiger partial charge in [0.05, 0.1) is 6.61 Å². The Morgan fingerprint density at radius 1 is 1.39 bits per heavy atom. The van der Waals surface area contributed by atoms with E-state index in [1.54, 1.807) is 0 Å². The van der Waals surface area contributed by atoms with Crippen LogP contribution in [0, 0.1) is 22.7 Å². The molecule has 0 N–H and O–H groups in total. The van der Waals surface area contributed by atoms with E-state index in [4.69, 9.17) is 4.52 Å². The summed E-state index contributed by atoms with van der Waals surface area (Å²) in [6.07, 6.45) is 11.5. The maximum absolute atomic E-state index is 5.45. The molecular weight excluding hydrogens is 318 g/mol. The van der Waals surface area contributed by atoms with Crippen LogP contribution in [0.15, 0.2) is 23.8 Å². The predicted octanol–water partition coefficient (Wildman–Crippen LogP) is 6.91. The number of hydrogen-bond acceptors (Lipinski definition) is 1. The van der Waals surface area contributed by atoms with Gasteiger partial charge in [-0.25, -0.2) is 0 Å². The minimum atomic E-state index is 0.468. The van der Waals surface area contributed by atoms with Crippen molar-refractivity contribution >= 4 is 17.4 Å². The predicted molar refractivity (Wildman–Crippen MR) is 108 cm³/mol. The van der Waals surface area contributed by atoms with Gasteiger partial charge in [-0.05, 0) is 68.1 Å². The Bertz CT molecular complexity index is 455. The van der Waals surface area contributed by atoms with Gasteiger partial charge in [-0.3, -0.25) is 0 Å². The van der Waals surface area contributed by atoms with E-state index < -0.39 is 0 Å². The van der Waals surface area contributed by atoms with Gasteiger partial charge >= 0.3 is 0 Å². The van der Waals surface area contributed by atoms with Crippen molar-refractivity contribution < 1.29 is 4.52 Å². The summed E-state index contributed by atoms with van der Waals surface area (Å²) in [5.41, 5.74) is 3.97. The van der Waals surface area contributed by atoms with Crippen LogP contribution < -0.4 is 0 Å². The van der Waals surface area contributed by atoms with Gasteiger partial charge in [0, 0.05) is 8.50 Å². The van der Waals surface area contributed by atoms with Gasteiger partial charge in [0.25, 0.3) is 0 Å². The molecule has 3 heteroatoms. The lowest BCUT2D eigenvalue weighted by Gasteiger charge is -2.58. The summed E-state index contributed by atoms with van der Waals surface area (Å²) in [7, 11) is 3.14. The number of rotatable bonds is 6. The lowest BCUT2D eigenvalue weighted by Crippen LogP contribution is -2.49. The molecule has 2 aliphatic carbocycles. The number of hydrogen-bond donors (Lipinski definition) is 0. The maximum atomic E-state index is 5.45. The Morgan fingerprint density at radius 2 is 2.13 bits per heavy atom. The molecule has 2 fully saturated rings. The van der Waals surface area contributed by atoms with Crippen LogP contribution in [0.25, 0.3) is 0 Å². The lowest BCUT2D eigenvalue weighted by atomic mass is 9.47. The highest BCUT2D eigenvalue weighted by Gasteiger charge is 2.52. The number of allylic oxidation sites excluding steroid dienone is 2. The molecule has 23 heavy (non-hydrogen) atoms. The Hall–Kier alpha value is 0.300. The summed E-state index contributed by atoms with van der Waals surface area (Å²) in [5, 5.41) is 0. The zero-order valence-electron chi connectivity index (χ0n) is 15.6. The third-order valence-electron chi connectivity index (χ3n) is 6.74. The van der Waals surface area contributed by atoms with Crippen molar-refractivity contribution in [2.75, 3.05) is 6.61 Å². The largest absolute Gasteiger partial charge is 0.354 e. The molecule has 0 radical (unpaired) electrons. The summed E-state index contributed by atoms with van der Waals surface area (Å²) in [6.45, 7) is 15.1. The molecule has 0 bridgehead atoms. The highest BCUT2D eigenvalue weighted by Crippen LogP contribution is 2.61. The summed E-state index contributed by atoms with van der Waals surface area (Å²) < 4.78 is 5.45. The van der Waals surface area contributed by atoms with Gasteiger partial charge in [0.15, 0.2) is 0 Å². The molecule has 132 valence electrons. The van der Waals surface area contributed by atoms with Crippen LogP contribution in [0.3, 0.4) is 0 Å². The molecule has 5 atom stereocenters. The molecule has 2 aliphatic rings. The minimum absolute atomic E-state index is 0.468. The highest BCUT2D eigenvalue weighted by atomic mass is 32.0. The summed E-state index contributed by atoms with van der Waals surface area (Å²) >= 11 is 0. The van der Waals surface area contributed by atoms with Crippen molar-refractivity contribution in [1.29, 1.82) is 0 Å². The van der Waals surface area contributed by atoms with Crippen molar-refractivity contribution in [3.8, 4) is 0 Å². The first-order valence-electron chi connectivity index (χ1n) is 9.22. The van der Waals surface area contributed by atoms with E-state index in [1.807, 2.05) is 0 Å². The standard InChI is InChI=1S/C20H36OP2/c1-15(11-14-21-23-22)7-9-17-16(2)8-10-18-19(3,4)12-6-13-20(17,18)5/h11,17-18,23H,2,6-10,12-14,22H2,1,3-5H3/b15-11+/t17-,18?,20-/m1/s1. The second kappa shape index (κ2) is 8.12. The van der Waals surface area contributed by atoms with Gasteiger partial charge in [-0.1, -0.05) is 59.9 Å². The van der Waals surface area contributed by atoms with Crippen LogP contribution >= 0.6 is 17.4 Å². The lowest BCUT2D eigenvalue weighted by molar-refractivity contribution is -0.0539. The quantitative estimate of drug-likeness (QED) is 0.286. The minimum Gasteiger partial charge on any atom is -0.354 e. The van der Waals surface area contributed by atoms with Crippen LogP contribution in [0.1, 0.15) is 72.6 Å². The third kappa shape index (κ3) is 4.48. The first-order valence-corrected chi connectivity index (χ1v) is 11.9. The van der Waals surface area contributed by atoms with E-state index in [0.717, 1.165) is 12.5 Å². The normalized spacial score (nSPS) is 34.8. The molecule has 2 saturated carbocycles. The summed E-state index contributed by atoms with van der Waals surface area (Å²) in [5.74, 6) is 1.57. The first-order chi connectivity index (χ1) is 10.8. The van der Waals surface area contributed by atoms with Crippen LogP contribution in [-0.4, -0.2) is 6.61 Å². The van der Waals surface area contributed by atoms with Crippen LogP contribution in [0.4, 0.5) is 0 Å². The molecule has 0 aromatic rings. The Balaban J connectivity index is 2.06. The van der Waals surface area contributed by atoms with Gasteiger partial charge < -0.3 is 4.52 Å². The maximum Gasteiger partial charge on any atom is 0.0693 e. The topological polar surface area (TPSA) is 9.23 Å². The van der Waals surface area contributed by atoms with Crippen LogP contribution in [-0.2, 0) is 4.52 Å². The van der Waals surface area contributed by atoms with E-state index in [9.17, 15) is 0 Å². The van der Waals surface area contributed by atoms with Crippen molar-refractivity contribution in [3.05, 3.63) is 23.8 Å². The molecular formula is C20H36OP2. The fourth-order valence-electron chi connectivity index (χ4n) is 5.51. The Morgan fingerprint density at radius 3 is 2.83 bits per heavy atom. The molecule has 0 spiro atoms. The Labute approximate surface area is 148 Å². The zero-order chi connectivity index (χ0) is 17.1. The molecule has 0 amide bonds. The van der Waals surface area contributed by atoms with Gasteiger partial charge in [0.2, 0.25) is 0 Å². The summed E-state index contributed by atoms with van der Waals surface area (Å²) in [6, 6.07) is 0. The molecule has 0 aromatic heterocycles. The van der Waals surface area contributed by atoms with E-state index in [2.05, 4.69) is 49.3 Å². The van der Waals surface area contributed by atoms with E-state index in [1.165, 1.54) is 56.1 Å². The molecule has 0 saturated heterocycles. The van der Waals surface area contributed by atoms with Crippen molar-refractivity contribution in [2.24, 2.45) is 22.7 Å². The van der Waals surface area contributed by atoms with Crippen molar-refractivity contribution in [1.82, 2.24) is 0 Å². The molecule has 0 aliphatic heterocycles. The Kier molecular flexibility index (Phi) is 6.93. The molecule has 1 nitrogen and oxygen atoms in total. The average Bonchev–Trinajstić information content (AvgIpc) is 2.45. The monoisotopic (exact) mass is 354 g/mol. The van der Waals surface area contributed by atoms with Crippen molar-refractivity contribution in [3.63, 3.8) is 0 Å². The third-order valence-corrected chi connectivity index (χ3v) is 7.58. The second-order valence-electron chi connectivity index (χ2n) is 8.67. The molecule has 0 aromatic carbocycles. The van der Waals surface area contributed by atoms with Gasteiger partial charge in [-0.15, -0.1) is 0 Å². The van der Waals surface area contributed by atoms with Gasteiger partial charge in [-0.2, -0.15) is 0 Å². The first kappa shape index (κ1) is 19.6. The average molecular weight is 354 g/mol. The van der Waals surface area contributed by atoms with E-state index in [0.29, 0.717) is 25.2 Å². The highest BCUT2D eigenvalue weighted by molar-refractivity contribution is 8.00. The van der Waals surface area contributed by atoms with Gasteiger partial charge in [0.1, 0.15) is 0 Å². The second-order valence-corrected chi connectivity index (χ2v) is 9.90.